The number of ether oxygens (including phenoxy) is 1. The number of benzene rings is 1. The van der Waals surface area contributed by atoms with E-state index in [9.17, 15) is 5.11 Å². The molecule has 0 bridgehead atoms. The van der Waals surface area contributed by atoms with Gasteiger partial charge >= 0.3 is 0 Å². The minimum atomic E-state index is -0.341. The van der Waals surface area contributed by atoms with Crippen molar-refractivity contribution in [2.75, 3.05) is 13.2 Å². The molecule has 1 aromatic carbocycles. The number of aryl methyl sites for hydroxylation is 1. The van der Waals surface area contributed by atoms with E-state index in [1.54, 1.807) is 0 Å². The number of aliphatic hydroxyl groups excluding tert-OH is 1. The Morgan fingerprint density at radius 2 is 2.20 bits per heavy atom. The number of aromatic nitrogens is 1. The molecule has 2 heterocycles. The smallest absolute Gasteiger partial charge is 0.110 e. The van der Waals surface area contributed by atoms with Crippen molar-refractivity contribution in [2.45, 2.75) is 45.1 Å². The maximum Gasteiger partial charge on any atom is 0.110 e. The summed E-state index contributed by atoms with van der Waals surface area (Å²) < 4.78 is 6.09. The number of para-hydroxylation sites is 1. The van der Waals surface area contributed by atoms with E-state index in [1.807, 2.05) is 0 Å². The molecule has 3 heteroatoms. The Balaban J connectivity index is 2.24. The van der Waals surface area contributed by atoms with Crippen LogP contribution in [-0.4, -0.2) is 23.3 Å². The second-order valence-corrected chi connectivity index (χ2v) is 5.59. The van der Waals surface area contributed by atoms with Gasteiger partial charge in [0.15, 0.2) is 0 Å². The van der Waals surface area contributed by atoms with Crippen LogP contribution in [0.3, 0.4) is 0 Å². The fraction of sp³-hybridized carbons (Fsp3) is 0.529. The monoisotopic (exact) mass is 273 g/mol. The van der Waals surface area contributed by atoms with E-state index >= 15 is 0 Å². The van der Waals surface area contributed by atoms with Crippen molar-refractivity contribution in [1.82, 2.24) is 4.98 Å². The van der Waals surface area contributed by atoms with Crippen molar-refractivity contribution in [3.05, 3.63) is 35.0 Å². The number of rotatable bonds is 4. The third-order valence-corrected chi connectivity index (χ3v) is 4.68. The number of aromatic amines is 1. The number of hydrogen-bond donors (Lipinski definition) is 2. The molecular weight excluding hydrogens is 250 g/mol. The molecule has 3 rings (SSSR count). The lowest BCUT2D eigenvalue weighted by Crippen LogP contribution is -2.36. The first-order valence-corrected chi connectivity index (χ1v) is 7.63. The molecule has 108 valence electrons. The first-order chi connectivity index (χ1) is 9.75. The summed E-state index contributed by atoms with van der Waals surface area (Å²) in [5, 5.41) is 10.8. The van der Waals surface area contributed by atoms with Crippen LogP contribution in [0, 0.1) is 0 Å². The second kappa shape index (κ2) is 5.23. The third kappa shape index (κ3) is 1.88. The normalized spacial score (nSPS) is 22.1. The highest BCUT2D eigenvalue weighted by molar-refractivity contribution is 5.88. The van der Waals surface area contributed by atoms with Crippen molar-refractivity contribution in [3.63, 3.8) is 0 Å². The Morgan fingerprint density at radius 3 is 2.90 bits per heavy atom. The molecule has 0 aliphatic carbocycles. The van der Waals surface area contributed by atoms with Gasteiger partial charge < -0.3 is 14.8 Å². The van der Waals surface area contributed by atoms with Crippen molar-refractivity contribution in [2.24, 2.45) is 0 Å². The van der Waals surface area contributed by atoms with Gasteiger partial charge in [-0.25, -0.2) is 0 Å². The van der Waals surface area contributed by atoms with E-state index in [-0.39, 0.29) is 12.2 Å². The first-order valence-electron chi connectivity index (χ1n) is 7.63. The van der Waals surface area contributed by atoms with Crippen LogP contribution < -0.4 is 0 Å². The van der Waals surface area contributed by atoms with Gasteiger partial charge in [0.05, 0.1) is 12.3 Å². The molecule has 2 N–H and O–H groups in total. The molecule has 1 atom stereocenters. The van der Waals surface area contributed by atoms with E-state index in [4.69, 9.17) is 4.74 Å². The van der Waals surface area contributed by atoms with E-state index in [0.29, 0.717) is 6.42 Å². The first kappa shape index (κ1) is 13.7. The lowest BCUT2D eigenvalue weighted by atomic mass is 9.86. The van der Waals surface area contributed by atoms with Crippen LogP contribution in [0.1, 0.15) is 43.5 Å². The van der Waals surface area contributed by atoms with E-state index in [0.717, 1.165) is 25.9 Å². The molecular formula is C17H23NO2. The van der Waals surface area contributed by atoms with Gasteiger partial charge in [-0.1, -0.05) is 32.0 Å². The van der Waals surface area contributed by atoms with Gasteiger partial charge in [-0.3, -0.25) is 0 Å². The van der Waals surface area contributed by atoms with Crippen LogP contribution in [0.4, 0.5) is 0 Å². The molecule has 1 aromatic heterocycles. The van der Waals surface area contributed by atoms with Gasteiger partial charge in [-0.2, -0.15) is 0 Å². The highest BCUT2D eigenvalue weighted by Crippen LogP contribution is 2.41. The number of nitrogens with one attached hydrogen (secondary N) is 1. The Kier molecular flexibility index (Phi) is 3.57. The largest absolute Gasteiger partial charge is 0.396 e. The lowest BCUT2D eigenvalue weighted by molar-refractivity contribution is -0.0795. The van der Waals surface area contributed by atoms with Crippen LogP contribution in [-0.2, 0) is 23.2 Å². The Morgan fingerprint density at radius 1 is 1.35 bits per heavy atom. The van der Waals surface area contributed by atoms with Gasteiger partial charge in [0.1, 0.15) is 5.60 Å². The van der Waals surface area contributed by atoms with Gasteiger partial charge in [0.2, 0.25) is 0 Å². The average molecular weight is 273 g/mol. The zero-order chi connectivity index (χ0) is 14.2. The zero-order valence-electron chi connectivity index (χ0n) is 12.3. The third-order valence-electron chi connectivity index (χ3n) is 4.68. The van der Waals surface area contributed by atoms with Crippen molar-refractivity contribution in [1.29, 1.82) is 0 Å². The molecule has 0 spiro atoms. The Labute approximate surface area is 120 Å². The fourth-order valence-electron chi connectivity index (χ4n) is 3.53. The average Bonchev–Trinajstić information content (AvgIpc) is 2.87. The molecule has 0 unspecified atom stereocenters. The zero-order valence-corrected chi connectivity index (χ0v) is 12.3. The maximum absolute atomic E-state index is 9.42. The van der Waals surface area contributed by atoms with Crippen LogP contribution in [0.25, 0.3) is 10.9 Å². The lowest BCUT2D eigenvalue weighted by Gasteiger charge is -2.36. The van der Waals surface area contributed by atoms with Gasteiger partial charge in [0, 0.05) is 23.9 Å². The molecule has 2 aromatic rings. The van der Waals surface area contributed by atoms with Gasteiger partial charge in [-0.15, -0.1) is 0 Å². The van der Waals surface area contributed by atoms with Crippen molar-refractivity contribution < 1.29 is 9.84 Å². The molecule has 0 amide bonds. The summed E-state index contributed by atoms with van der Waals surface area (Å²) >= 11 is 0. The summed E-state index contributed by atoms with van der Waals surface area (Å²) in [7, 11) is 0. The molecule has 3 nitrogen and oxygen atoms in total. The fourth-order valence-corrected chi connectivity index (χ4v) is 3.53. The highest BCUT2D eigenvalue weighted by atomic mass is 16.5. The quantitative estimate of drug-likeness (QED) is 0.898. The number of fused-ring (bicyclic) bond motifs is 3. The minimum absolute atomic E-state index is 0.156. The molecule has 0 radical (unpaired) electrons. The van der Waals surface area contributed by atoms with Gasteiger partial charge in [-0.05, 0) is 30.4 Å². The maximum atomic E-state index is 9.42. The topological polar surface area (TPSA) is 45.2 Å². The predicted molar refractivity (Wildman–Crippen MR) is 81.0 cm³/mol. The number of aliphatic hydroxyl groups is 1. The molecule has 1 aliphatic rings. The molecule has 0 fully saturated rings. The summed E-state index contributed by atoms with van der Waals surface area (Å²) in [6.07, 6.45) is 3.52. The van der Waals surface area contributed by atoms with Crippen LogP contribution in [0.15, 0.2) is 18.2 Å². The van der Waals surface area contributed by atoms with Gasteiger partial charge in [0.25, 0.3) is 0 Å². The van der Waals surface area contributed by atoms with Crippen molar-refractivity contribution in [3.8, 4) is 0 Å². The van der Waals surface area contributed by atoms with Crippen LogP contribution in [0.5, 0.6) is 0 Å². The van der Waals surface area contributed by atoms with E-state index < -0.39 is 0 Å². The summed E-state index contributed by atoms with van der Waals surface area (Å²) in [6.45, 7) is 5.22. The molecule has 20 heavy (non-hydrogen) atoms. The number of H-pyrrole nitrogens is 1. The summed E-state index contributed by atoms with van der Waals surface area (Å²) in [4.78, 5) is 3.63. The molecule has 0 saturated carbocycles. The van der Waals surface area contributed by atoms with E-state index in [2.05, 4.69) is 37.0 Å². The van der Waals surface area contributed by atoms with Crippen molar-refractivity contribution >= 4 is 10.9 Å². The SMILES string of the molecule is CCc1cccc2c3c([nH]c12)[C@](CC)(CCO)OCC3. The summed E-state index contributed by atoms with van der Waals surface area (Å²) in [6, 6.07) is 6.53. The Bertz CT molecular complexity index is 617. The Hall–Kier alpha value is -1.32. The standard InChI is InChI=1S/C17H23NO2/c1-3-12-6-5-7-13-14-8-11-20-17(4-2,9-10-19)16(14)18-15(12)13/h5-7,18-19H,3-4,8-11H2,1-2H3/t17-/m0/s1. The summed E-state index contributed by atoms with van der Waals surface area (Å²) in [5.74, 6) is 0. The highest BCUT2D eigenvalue weighted by Gasteiger charge is 2.38. The molecule has 1 aliphatic heterocycles. The second-order valence-electron chi connectivity index (χ2n) is 5.59. The molecule has 0 saturated heterocycles. The predicted octanol–water partition coefficient (Wildman–Crippen LogP) is 3.29. The van der Waals surface area contributed by atoms with E-state index in [1.165, 1.54) is 27.7 Å². The minimum Gasteiger partial charge on any atom is -0.396 e. The van der Waals surface area contributed by atoms with Crippen LogP contribution in [0.2, 0.25) is 0 Å². The summed E-state index contributed by atoms with van der Waals surface area (Å²) in [5.41, 5.74) is 4.84. The van der Waals surface area contributed by atoms with Crippen LogP contribution >= 0.6 is 0 Å². The number of hydrogen-bond acceptors (Lipinski definition) is 2.